The number of halogens is 3. The zero-order valence-corrected chi connectivity index (χ0v) is 11.7. The summed E-state index contributed by atoms with van der Waals surface area (Å²) in [5, 5.41) is 20.8. The maximum absolute atomic E-state index is 13.1. The largest absolute Gasteiger partial charge is 0.510 e. The van der Waals surface area contributed by atoms with Gasteiger partial charge in [0.25, 0.3) is 5.91 Å². The molecule has 0 unspecified atom stereocenters. The Labute approximate surface area is 124 Å². The number of carbonyl (C=O) groups excluding carboxylic acids is 1. The van der Waals surface area contributed by atoms with E-state index in [9.17, 15) is 23.1 Å². The van der Waals surface area contributed by atoms with Crippen LogP contribution < -0.4 is 5.32 Å². The number of carbonyl (C=O) groups is 1. The monoisotopic (exact) mass is 310 g/mol. The Morgan fingerprint density at radius 3 is 2.55 bits per heavy atom. The minimum absolute atomic E-state index is 0.0424. The van der Waals surface area contributed by atoms with Gasteiger partial charge >= 0.3 is 6.18 Å². The fraction of sp³-hybridized carbons (Fsp3) is 0.333. The average Bonchev–Trinajstić information content (AvgIpc) is 3.21. The second kappa shape index (κ2) is 5.72. The van der Waals surface area contributed by atoms with E-state index in [4.69, 9.17) is 5.26 Å². The number of alkyl halides is 3. The lowest BCUT2D eigenvalue weighted by molar-refractivity contribution is -0.137. The first-order chi connectivity index (χ1) is 10.3. The molecule has 0 heterocycles. The number of nitriles is 1. The number of aryl methyl sites for hydroxylation is 1. The van der Waals surface area contributed by atoms with Crippen molar-refractivity contribution in [2.75, 3.05) is 5.32 Å². The number of benzene rings is 1. The summed E-state index contributed by atoms with van der Waals surface area (Å²) in [5.41, 5.74) is -1.99. The van der Waals surface area contributed by atoms with Crippen LogP contribution in [-0.2, 0) is 11.0 Å². The van der Waals surface area contributed by atoms with Crippen molar-refractivity contribution in [1.82, 2.24) is 0 Å². The van der Waals surface area contributed by atoms with E-state index in [0.717, 1.165) is 6.07 Å². The molecule has 0 atom stereocenters. The van der Waals surface area contributed by atoms with Crippen LogP contribution in [0.25, 0.3) is 0 Å². The lowest BCUT2D eigenvalue weighted by atomic mass is 10.1. The van der Waals surface area contributed by atoms with Crippen LogP contribution in [0.1, 0.15) is 24.0 Å². The van der Waals surface area contributed by atoms with Gasteiger partial charge in [-0.15, -0.1) is 0 Å². The summed E-state index contributed by atoms with van der Waals surface area (Å²) in [6, 6.07) is 5.31. The molecule has 116 valence electrons. The van der Waals surface area contributed by atoms with Crippen molar-refractivity contribution in [3.8, 4) is 6.07 Å². The van der Waals surface area contributed by atoms with Crippen LogP contribution in [0.5, 0.6) is 0 Å². The molecule has 0 radical (unpaired) electrons. The molecule has 1 aliphatic rings. The van der Waals surface area contributed by atoms with Crippen LogP contribution in [0.2, 0.25) is 0 Å². The number of hydrogen-bond acceptors (Lipinski definition) is 3. The van der Waals surface area contributed by atoms with Gasteiger partial charge in [0.05, 0.1) is 11.3 Å². The van der Waals surface area contributed by atoms with E-state index >= 15 is 0 Å². The summed E-state index contributed by atoms with van der Waals surface area (Å²) in [5.74, 6) is -1.65. The Kier molecular flexibility index (Phi) is 4.13. The maximum Gasteiger partial charge on any atom is 0.418 e. The van der Waals surface area contributed by atoms with Crippen molar-refractivity contribution in [2.24, 2.45) is 5.92 Å². The molecular formula is C15H13F3N2O2. The predicted molar refractivity (Wildman–Crippen MR) is 72.8 cm³/mol. The predicted octanol–water partition coefficient (Wildman–Crippen LogP) is 3.70. The zero-order valence-electron chi connectivity index (χ0n) is 11.7. The highest BCUT2D eigenvalue weighted by atomic mass is 19.4. The van der Waals surface area contributed by atoms with Crippen molar-refractivity contribution < 1.29 is 23.1 Å². The number of allylic oxidation sites excluding steroid dienone is 1. The molecule has 2 rings (SSSR count). The minimum atomic E-state index is -4.64. The molecule has 4 nitrogen and oxygen atoms in total. The van der Waals surface area contributed by atoms with E-state index in [1.807, 2.05) is 0 Å². The third kappa shape index (κ3) is 3.22. The van der Waals surface area contributed by atoms with Crippen LogP contribution in [-0.4, -0.2) is 11.0 Å². The lowest BCUT2D eigenvalue weighted by Crippen LogP contribution is -2.20. The number of aliphatic hydroxyl groups is 1. The molecule has 0 aromatic heterocycles. The first-order valence-corrected chi connectivity index (χ1v) is 6.57. The molecule has 1 aromatic rings. The Morgan fingerprint density at radius 2 is 2.05 bits per heavy atom. The molecule has 1 saturated carbocycles. The van der Waals surface area contributed by atoms with E-state index in [0.29, 0.717) is 12.8 Å². The van der Waals surface area contributed by atoms with E-state index in [1.54, 1.807) is 6.07 Å². The summed E-state index contributed by atoms with van der Waals surface area (Å²) in [6.07, 6.45) is -3.33. The number of aliphatic hydroxyl groups excluding tert-OH is 1. The topological polar surface area (TPSA) is 73.1 Å². The third-order valence-corrected chi connectivity index (χ3v) is 3.36. The molecule has 7 heteroatoms. The van der Waals surface area contributed by atoms with Gasteiger partial charge in [-0.1, -0.05) is 12.1 Å². The number of anilines is 1. The van der Waals surface area contributed by atoms with E-state index in [2.05, 4.69) is 5.32 Å². The highest BCUT2D eigenvalue weighted by Gasteiger charge is 2.36. The molecule has 1 amide bonds. The molecule has 22 heavy (non-hydrogen) atoms. The van der Waals surface area contributed by atoms with Crippen LogP contribution in [0.4, 0.5) is 18.9 Å². The van der Waals surface area contributed by atoms with Crippen LogP contribution >= 0.6 is 0 Å². The molecular weight excluding hydrogens is 297 g/mol. The third-order valence-electron chi connectivity index (χ3n) is 3.36. The maximum atomic E-state index is 13.1. The van der Waals surface area contributed by atoms with Gasteiger partial charge in [0.2, 0.25) is 0 Å². The van der Waals surface area contributed by atoms with Crippen LogP contribution in [0.3, 0.4) is 0 Å². The van der Waals surface area contributed by atoms with Crippen molar-refractivity contribution in [1.29, 1.82) is 5.26 Å². The Balaban J connectivity index is 2.36. The molecule has 1 fully saturated rings. The molecule has 0 spiro atoms. The molecule has 2 N–H and O–H groups in total. The average molecular weight is 310 g/mol. The van der Waals surface area contributed by atoms with Gasteiger partial charge in [-0.2, -0.15) is 18.4 Å². The van der Waals surface area contributed by atoms with E-state index in [-0.39, 0.29) is 17.2 Å². The van der Waals surface area contributed by atoms with Gasteiger partial charge in [0.1, 0.15) is 11.8 Å². The van der Waals surface area contributed by atoms with Crippen molar-refractivity contribution in [2.45, 2.75) is 25.9 Å². The Hall–Kier alpha value is -2.49. The van der Waals surface area contributed by atoms with Crippen molar-refractivity contribution >= 4 is 11.6 Å². The van der Waals surface area contributed by atoms with E-state index in [1.165, 1.54) is 19.1 Å². The first-order valence-electron chi connectivity index (χ1n) is 6.57. The van der Waals surface area contributed by atoms with Gasteiger partial charge in [-0.3, -0.25) is 4.79 Å². The van der Waals surface area contributed by atoms with Gasteiger partial charge in [0, 0.05) is 5.92 Å². The number of amides is 1. The lowest BCUT2D eigenvalue weighted by Gasteiger charge is -2.16. The summed E-state index contributed by atoms with van der Waals surface area (Å²) < 4.78 is 39.2. The number of nitrogens with one attached hydrogen (secondary N) is 1. The summed E-state index contributed by atoms with van der Waals surface area (Å²) in [6.45, 7) is 1.28. The van der Waals surface area contributed by atoms with Gasteiger partial charge < -0.3 is 10.4 Å². The fourth-order valence-corrected chi connectivity index (χ4v) is 2.12. The molecule has 0 aliphatic heterocycles. The van der Waals surface area contributed by atoms with Crippen LogP contribution in [0, 0.1) is 24.2 Å². The second-order valence-electron chi connectivity index (χ2n) is 5.10. The summed E-state index contributed by atoms with van der Waals surface area (Å²) in [4.78, 5) is 12.0. The van der Waals surface area contributed by atoms with Gasteiger partial charge in [-0.05, 0) is 31.4 Å². The van der Waals surface area contributed by atoms with Crippen LogP contribution in [0.15, 0.2) is 29.5 Å². The zero-order chi connectivity index (χ0) is 16.5. The highest BCUT2D eigenvalue weighted by Crippen LogP contribution is 2.38. The number of rotatable bonds is 3. The van der Waals surface area contributed by atoms with Gasteiger partial charge in [-0.25, -0.2) is 0 Å². The smallest absolute Gasteiger partial charge is 0.418 e. The summed E-state index contributed by atoms with van der Waals surface area (Å²) >= 11 is 0. The SMILES string of the molecule is Cc1cccc(NC(=O)/C(C#N)=C(\O)C2CC2)c1C(F)(F)F. The molecule has 1 aliphatic carbocycles. The second-order valence-corrected chi connectivity index (χ2v) is 5.10. The minimum Gasteiger partial charge on any atom is -0.510 e. The molecule has 1 aromatic carbocycles. The van der Waals surface area contributed by atoms with Gasteiger partial charge in [0.15, 0.2) is 5.57 Å². The summed E-state index contributed by atoms with van der Waals surface area (Å²) in [7, 11) is 0. The number of nitrogens with zero attached hydrogens (tertiary/aromatic N) is 1. The normalized spacial score (nSPS) is 15.8. The van der Waals surface area contributed by atoms with E-state index < -0.39 is 28.9 Å². The molecule has 0 bridgehead atoms. The first kappa shape index (κ1) is 15.9. The Morgan fingerprint density at radius 1 is 1.41 bits per heavy atom. The fourth-order valence-electron chi connectivity index (χ4n) is 2.12. The Bertz CT molecular complexity index is 683. The van der Waals surface area contributed by atoms with Crippen molar-refractivity contribution in [3.05, 3.63) is 40.7 Å². The number of hydrogen-bond donors (Lipinski definition) is 2. The quantitative estimate of drug-likeness (QED) is 0.508. The highest BCUT2D eigenvalue weighted by molar-refractivity contribution is 6.07. The standard InChI is InChI=1S/C15H13F3N2O2/c1-8-3-2-4-11(12(8)15(16,17)18)20-14(22)10(7-19)13(21)9-5-6-9/h2-4,9,21H,5-6H2,1H3,(H,20,22)/b13-10-. The molecule has 0 saturated heterocycles. The van der Waals surface area contributed by atoms with Crippen molar-refractivity contribution in [3.63, 3.8) is 0 Å².